The number of hydrogen-bond donors (Lipinski definition) is 2. The van der Waals surface area contributed by atoms with Gasteiger partial charge in [-0.1, -0.05) is 30.3 Å². The molecule has 108 valence electrons. The van der Waals surface area contributed by atoms with E-state index in [1.807, 2.05) is 48.5 Å². The van der Waals surface area contributed by atoms with Crippen LogP contribution in [0.15, 0.2) is 57.4 Å². The van der Waals surface area contributed by atoms with Crippen LogP contribution in [0, 0.1) is 0 Å². The molecule has 1 unspecified atom stereocenters. The second kappa shape index (κ2) is 5.89. The molecule has 0 amide bonds. The van der Waals surface area contributed by atoms with E-state index in [0.717, 1.165) is 32.5 Å². The number of fused-ring (bicyclic) bond motifs is 1. The lowest BCUT2D eigenvalue weighted by Gasteiger charge is -2.16. The molecule has 4 nitrogen and oxygen atoms in total. The predicted octanol–water partition coefficient (Wildman–Crippen LogP) is 3.76. The van der Waals surface area contributed by atoms with Crippen LogP contribution in [0.25, 0.3) is 11.0 Å². The molecule has 1 aromatic heterocycles. The first-order valence-electron chi connectivity index (χ1n) is 6.51. The van der Waals surface area contributed by atoms with E-state index in [1.165, 1.54) is 0 Å². The molecular formula is C16H15BrN2O2. The highest BCUT2D eigenvalue weighted by Gasteiger charge is 2.21. The first-order chi connectivity index (χ1) is 10.2. The number of hydrazine groups is 1. The van der Waals surface area contributed by atoms with Crippen LogP contribution < -0.4 is 16.0 Å². The molecule has 3 aromatic rings. The zero-order valence-corrected chi connectivity index (χ0v) is 13.1. The molecule has 21 heavy (non-hydrogen) atoms. The van der Waals surface area contributed by atoms with Crippen LogP contribution >= 0.6 is 15.9 Å². The molecule has 0 aliphatic rings. The van der Waals surface area contributed by atoms with E-state index in [-0.39, 0.29) is 6.04 Å². The van der Waals surface area contributed by atoms with Crippen molar-refractivity contribution in [2.45, 2.75) is 6.04 Å². The Morgan fingerprint density at radius 3 is 2.71 bits per heavy atom. The summed E-state index contributed by atoms with van der Waals surface area (Å²) in [6, 6.07) is 15.4. The number of benzene rings is 2. The third-order valence-electron chi connectivity index (χ3n) is 3.42. The fraction of sp³-hybridized carbons (Fsp3) is 0.125. The van der Waals surface area contributed by atoms with Crippen molar-refractivity contribution in [2.24, 2.45) is 5.84 Å². The fourth-order valence-electron chi connectivity index (χ4n) is 2.42. The van der Waals surface area contributed by atoms with Crippen molar-refractivity contribution in [3.05, 3.63) is 64.3 Å². The van der Waals surface area contributed by atoms with Crippen LogP contribution in [0.2, 0.25) is 0 Å². The molecule has 0 bridgehead atoms. The Morgan fingerprint density at radius 1 is 1.19 bits per heavy atom. The molecule has 0 saturated heterocycles. The van der Waals surface area contributed by atoms with Crippen molar-refractivity contribution in [1.82, 2.24) is 5.43 Å². The van der Waals surface area contributed by atoms with Gasteiger partial charge in [-0.05, 0) is 34.1 Å². The first-order valence-corrected chi connectivity index (χ1v) is 7.31. The SMILES string of the molecule is COc1ccccc1C(NN)c1cc2cccc(Br)c2o1. The Bertz CT molecular complexity index is 770. The van der Waals surface area contributed by atoms with Crippen LogP contribution in [-0.4, -0.2) is 7.11 Å². The molecule has 0 radical (unpaired) electrons. The predicted molar refractivity (Wildman–Crippen MR) is 86.1 cm³/mol. The Kier molecular flexibility index (Phi) is 3.96. The van der Waals surface area contributed by atoms with Gasteiger partial charge < -0.3 is 9.15 Å². The molecule has 1 atom stereocenters. The Morgan fingerprint density at radius 2 is 2.00 bits per heavy atom. The van der Waals surface area contributed by atoms with Crippen molar-refractivity contribution >= 4 is 26.9 Å². The fourth-order valence-corrected chi connectivity index (χ4v) is 2.88. The smallest absolute Gasteiger partial charge is 0.148 e. The third kappa shape index (κ3) is 2.55. The average molecular weight is 347 g/mol. The van der Waals surface area contributed by atoms with Crippen LogP contribution in [0.5, 0.6) is 5.75 Å². The number of methoxy groups -OCH3 is 1. The van der Waals surface area contributed by atoms with E-state index in [4.69, 9.17) is 15.0 Å². The lowest BCUT2D eigenvalue weighted by Crippen LogP contribution is -2.28. The van der Waals surface area contributed by atoms with Crippen molar-refractivity contribution in [2.75, 3.05) is 7.11 Å². The number of halogens is 1. The van der Waals surface area contributed by atoms with Gasteiger partial charge in [0.05, 0.1) is 11.6 Å². The Balaban J connectivity index is 2.12. The molecular weight excluding hydrogens is 332 g/mol. The van der Waals surface area contributed by atoms with Gasteiger partial charge in [0.2, 0.25) is 0 Å². The van der Waals surface area contributed by atoms with E-state index in [0.29, 0.717) is 0 Å². The van der Waals surface area contributed by atoms with E-state index >= 15 is 0 Å². The third-order valence-corrected chi connectivity index (χ3v) is 4.04. The van der Waals surface area contributed by atoms with Crippen LogP contribution in [0.4, 0.5) is 0 Å². The van der Waals surface area contributed by atoms with Crippen molar-refractivity contribution < 1.29 is 9.15 Å². The molecule has 0 fully saturated rings. The standard InChI is InChI=1S/C16H15BrN2O2/c1-20-13-8-3-2-6-11(13)15(19-18)14-9-10-5-4-7-12(17)16(10)21-14/h2-9,15,19H,18H2,1H3. The maximum atomic E-state index is 5.96. The van der Waals surface area contributed by atoms with Gasteiger partial charge in [-0.3, -0.25) is 5.84 Å². The molecule has 0 aliphatic heterocycles. The zero-order chi connectivity index (χ0) is 14.8. The van der Waals surface area contributed by atoms with E-state index in [2.05, 4.69) is 21.4 Å². The normalized spacial score (nSPS) is 12.5. The maximum absolute atomic E-state index is 5.96. The summed E-state index contributed by atoms with van der Waals surface area (Å²) in [6.45, 7) is 0. The molecule has 0 saturated carbocycles. The Hall–Kier alpha value is -1.82. The van der Waals surface area contributed by atoms with Crippen molar-refractivity contribution in [3.8, 4) is 5.75 Å². The summed E-state index contributed by atoms with van der Waals surface area (Å²) in [7, 11) is 1.64. The lowest BCUT2D eigenvalue weighted by molar-refractivity contribution is 0.396. The zero-order valence-electron chi connectivity index (χ0n) is 11.5. The Labute approximate surface area is 131 Å². The largest absolute Gasteiger partial charge is 0.496 e. The minimum Gasteiger partial charge on any atom is -0.496 e. The summed E-state index contributed by atoms with van der Waals surface area (Å²) in [5.74, 6) is 7.25. The van der Waals surface area contributed by atoms with Gasteiger partial charge >= 0.3 is 0 Å². The second-order valence-electron chi connectivity index (χ2n) is 4.65. The number of furan rings is 1. The van der Waals surface area contributed by atoms with Gasteiger partial charge in [0.15, 0.2) is 0 Å². The lowest BCUT2D eigenvalue weighted by atomic mass is 10.0. The molecule has 0 aliphatic carbocycles. The second-order valence-corrected chi connectivity index (χ2v) is 5.50. The highest BCUT2D eigenvalue weighted by molar-refractivity contribution is 9.10. The molecule has 2 aromatic carbocycles. The summed E-state index contributed by atoms with van der Waals surface area (Å²) in [5.41, 5.74) is 4.54. The number of nitrogens with one attached hydrogen (secondary N) is 1. The van der Waals surface area contributed by atoms with Crippen LogP contribution in [-0.2, 0) is 0 Å². The summed E-state index contributed by atoms with van der Waals surface area (Å²) in [5, 5.41) is 1.02. The van der Waals surface area contributed by atoms with Crippen molar-refractivity contribution in [1.29, 1.82) is 0 Å². The summed E-state index contributed by atoms with van der Waals surface area (Å²) < 4.78 is 12.3. The number of para-hydroxylation sites is 2. The van der Waals surface area contributed by atoms with E-state index in [9.17, 15) is 0 Å². The van der Waals surface area contributed by atoms with Crippen LogP contribution in [0.1, 0.15) is 17.4 Å². The number of ether oxygens (including phenoxy) is 1. The maximum Gasteiger partial charge on any atom is 0.148 e. The van der Waals surface area contributed by atoms with Gasteiger partial charge in [-0.15, -0.1) is 0 Å². The van der Waals surface area contributed by atoms with Crippen molar-refractivity contribution in [3.63, 3.8) is 0 Å². The van der Waals surface area contributed by atoms with Gasteiger partial charge in [-0.2, -0.15) is 0 Å². The minimum absolute atomic E-state index is 0.277. The monoisotopic (exact) mass is 346 g/mol. The average Bonchev–Trinajstić information content (AvgIpc) is 2.94. The van der Waals surface area contributed by atoms with Gasteiger partial charge in [0.1, 0.15) is 23.1 Å². The molecule has 3 N–H and O–H groups in total. The molecule has 5 heteroatoms. The molecule has 0 spiro atoms. The highest BCUT2D eigenvalue weighted by Crippen LogP contribution is 2.34. The quantitative estimate of drug-likeness (QED) is 0.557. The molecule has 3 rings (SSSR count). The summed E-state index contributed by atoms with van der Waals surface area (Å²) in [6.07, 6.45) is 0. The topological polar surface area (TPSA) is 60.4 Å². The minimum atomic E-state index is -0.277. The van der Waals surface area contributed by atoms with Gasteiger partial charge in [-0.25, -0.2) is 5.43 Å². The van der Waals surface area contributed by atoms with E-state index in [1.54, 1.807) is 7.11 Å². The van der Waals surface area contributed by atoms with Crippen LogP contribution in [0.3, 0.4) is 0 Å². The number of hydrogen-bond acceptors (Lipinski definition) is 4. The summed E-state index contributed by atoms with van der Waals surface area (Å²) in [4.78, 5) is 0. The van der Waals surface area contributed by atoms with Gasteiger partial charge in [0.25, 0.3) is 0 Å². The number of rotatable bonds is 4. The summed E-state index contributed by atoms with van der Waals surface area (Å²) >= 11 is 3.50. The van der Waals surface area contributed by atoms with Gasteiger partial charge in [0, 0.05) is 10.9 Å². The first kappa shape index (κ1) is 14.1. The number of nitrogens with two attached hydrogens (primary N) is 1. The highest BCUT2D eigenvalue weighted by atomic mass is 79.9. The molecule has 1 heterocycles. The van der Waals surface area contributed by atoms with E-state index < -0.39 is 0 Å².